The van der Waals surface area contributed by atoms with E-state index in [-0.39, 0.29) is 0 Å². The molecular formula is C11H23N3. The van der Waals surface area contributed by atoms with Gasteiger partial charge < -0.3 is 0 Å². The molecule has 0 aromatic carbocycles. The molecular weight excluding hydrogens is 174 g/mol. The molecule has 1 unspecified atom stereocenters. The van der Waals surface area contributed by atoms with Crippen LogP contribution in [0.2, 0.25) is 0 Å². The summed E-state index contributed by atoms with van der Waals surface area (Å²) in [6, 6.07) is 0.337. The summed E-state index contributed by atoms with van der Waals surface area (Å²) in [6.45, 7) is 9.33. The monoisotopic (exact) mass is 197 g/mol. The summed E-state index contributed by atoms with van der Waals surface area (Å²) in [5, 5.41) is 10.3. The number of allylic oxidation sites excluding steroid dienone is 1. The van der Waals surface area contributed by atoms with Crippen LogP contribution in [0.4, 0.5) is 0 Å². The van der Waals surface area contributed by atoms with Crippen molar-refractivity contribution in [3.8, 4) is 0 Å². The third kappa shape index (κ3) is 6.63. The Morgan fingerprint density at radius 1 is 1.29 bits per heavy atom. The lowest BCUT2D eigenvalue weighted by Gasteiger charge is -2.10. The molecule has 0 spiro atoms. The molecule has 0 heterocycles. The van der Waals surface area contributed by atoms with Crippen LogP contribution in [0.1, 0.15) is 47.0 Å². The van der Waals surface area contributed by atoms with Crippen LogP contribution >= 0.6 is 0 Å². The quantitative estimate of drug-likeness (QED) is 0.451. The lowest BCUT2D eigenvalue weighted by molar-refractivity contribution is 0.373. The fourth-order valence-corrected chi connectivity index (χ4v) is 1.06. The van der Waals surface area contributed by atoms with Crippen molar-refractivity contribution in [2.45, 2.75) is 53.0 Å². The Bertz CT molecular complexity index is 175. The zero-order chi connectivity index (χ0) is 10.8. The van der Waals surface area contributed by atoms with Gasteiger partial charge in [-0.3, -0.25) is 5.01 Å². The molecule has 0 aromatic rings. The zero-order valence-corrected chi connectivity index (χ0v) is 9.90. The highest BCUT2D eigenvalue weighted by molar-refractivity contribution is 4.78. The molecule has 3 heteroatoms. The summed E-state index contributed by atoms with van der Waals surface area (Å²) in [5.74, 6) is 0. The molecule has 0 aliphatic carbocycles. The van der Waals surface area contributed by atoms with E-state index >= 15 is 0 Å². The van der Waals surface area contributed by atoms with Gasteiger partial charge in [0.2, 0.25) is 0 Å². The molecule has 0 radical (unpaired) electrons. The molecule has 14 heavy (non-hydrogen) atoms. The van der Waals surface area contributed by atoms with Crippen LogP contribution in [0.25, 0.3) is 0 Å². The van der Waals surface area contributed by atoms with Gasteiger partial charge in [-0.1, -0.05) is 31.6 Å². The van der Waals surface area contributed by atoms with E-state index in [2.05, 4.69) is 44.1 Å². The predicted molar refractivity (Wildman–Crippen MR) is 61.0 cm³/mol. The molecule has 0 fully saturated rings. The molecule has 0 saturated carbocycles. The highest BCUT2D eigenvalue weighted by atomic mass is 15.5. The summed E-state index contributed by atoms with van der Waals surface area (Å²) in [4.78, 5) is 0. The van der Waals surface area contributed by atoms with Gasteiger partial charge in [0, 0.05) is 12.7 Å². The number of hydrogen-bond acceptors (Lipinski definition) is 2. The Balaban J connectivity index is 3.96. The van der Waals surface area contributed by atoms with Crippen molar-refractivity contribution in [1.29, 1.82) is 0 Å². The summed E-state index contributed by atoms with van der Waals surface area (Å²) >= 11 is 0. The standard InChI is InChI=1S/C11H23N3/c1-5-8-10-14(7-3)13-12-11(4)9-6-2/h8,10-11H,5-7,9H2,1-4H3/b10-8+,13-12?. The van der Waals surface area contributed by atoms with Crippen LogP contribution in [-0.4, -0.2) is 17.6 Å². The molecule has 0 N–H and O–H groups in total. The largest absolute Gasteiger partial charge is 0.255 e. The first-order valence-electron chi connectivity index (χ1n) is 5.58. The first kappa shape index (κ1) is 13.1. The lowest BCUT2D eigenvalue weighted by Crippen LogP contribution is -2.08. The second-order valence-electron chi connectivity index (χ2n) is 3.39. The molecule has 0 aliphatic heterocycles. The van der Waals surface area contributed by atoms with Crippen molar-refractivity contribution in [3.63, 3.8) is 0 Å². The first-order valence-corrected chi connectivity index (χ1v) is 5.58. The van der Waals surface area contributed by atoms with Crippen LogP contribution in [0.5, 0.6) is 0 Å². The molecule has 0 amide bonds. The molecule has 0 aromatic heterocycles. The Labute approximate surface area is 87.9 Å². The van der Waals surface area contributed by atoms with E-state index in [0.29, 0.717) is 6.04 Å². The minimum atomic E-state index is 0.337. The van der Waals surface area contributed by atoms with Gasteiger partial charge in [-0.15, -0.1) is 0 Å². The average Bonchev–Trinajstić information content (AvgIpc) is 2.19. The minimum Gasteiger partial charge on any atom is -0.255 e. The highest BCUT2D eigenvalue weighted by Crippen LogP contribution is 2.02. The maximum Gasteiger partial charge on any atom is 0.0701 e. The second-order valence-corrected chi connectivity index (χ2v) is 3.39. The average molecular weight is 197 g/mol. The van der Waals surface area contributed by atoms with Gasteiger partial charge in [0.25, 0.3) is 0 Å². The molecule has 0 aliphatic rings. The number of hydrogen-bond donors (Lipinski definition) is 0. The van der Waals surface area contributed by atoms with Crippen molar-refractivity contribution < 1.29 is 0 Å². The fraction of sp³-hybridized carbons (Fsp3) is 0.818. The van der Waals surface area contributed by atoms with Crippen LogP contribution < -0.4 is 0 Å². The summed E-state index contributed by atoms with van der Waals surface area (Å²) < 4.78 is 0. The van der Waals surface area contributed by atoms with Crippen molar-refractivity contribution in [3.05, 3.63) is 12.3 Å². The second kappa shape index (κ2) is 8.73. The normalized spacial score (nSPS) is 14.0. The summed E-state index contributed by atoms with van der Waals surface area (Å²) in [6.07, 6.45) is 7.39. The van der Waals surface area contributed by atoms with Gasteiger partial charge in [-0.25, -0.2) is 0 Å². The van der Waals surface area contributed by atoms with Crippen molar-refractivity contribution in [2.24, 2.45) is 10.3 Å². The number of rotatable bonds is 7. The molecule has 0 bridgehead atoms. The van der Waals surface area contributed by atoms with E-state index in [9.17, 15) is 0 Å². The molecule has 0 rings (SSSR count). The van der Waals surface area contributed by atoms with Crippen molar-refractivity contribution in [1.82, 2.24) is 5.01 Å². The van der Waals surface area contributed by atoms with Crippen molar-refractivity contribution >= 4 is 0 Å². The summed E-state index contributed by atoms with van der Waals surface area (Å²) in [5.41, 5.74) is 0. The third-order valence-electron chi connectivity index (χ3n) is 1.91. The van der Waals surface area contributed by atoms with Gasteiger partial charge in [0.05, 0.1) is 6.04 Å². The Morgan fingerprint density at radius 2 is 2.00 bits per heavy atom. The SMILES string of the molecule is CC/C=C/N(CC)N=NC(C)CCC. The van der Waals surface area contributed by atoms with Crippen molar-refractivity contribution in [2.75, 3.05) is 6.54 Å². The lowest BCUT2D eigenvalue weighted by atomic mass is 10.2. The first-order chi connectivity index (χ1) is 6.74. The van der Waals surface area contributed by atoms with Crippen LogP contribution in [0.15, 0.2) is 22.6 Å². The van der Waals surface area contributed by atoms with E-state index in [1.165, 1.54) is 0 Å². The minimum absolute atomic E-state index is 0.337. The smallest absolute Gasteiger partial charge is 0.0701 e. The Morgan fingerprint density at radius 3 is 2.50 bits per heavy atom. The maximum absolute atomic E-state index is 4.24. The van der Waals surface area contributed by atoms with Gasteiger partial charge in [0.1, 0.15) is 0 Å². The summed E-state index contributed by atoms with van der Waals surface area (Å²) in [7, 11) is 0. The van der Waals surface area contributed by atoms with Crippen LogP contribution in [0.3, 0.4) is 0 Å². The molecule has 82 valence electrons. The fourth-order valence-electron chi connectivity index (χ4n) is 1.06. The number of nitrogens with zero attached hydrogens (tertiary/aromatic N) is 3. The third-order valence-corrected chi connectivity index (χ3v) is 1.91. The van der Waals surface area contributed by atoms with Gasteiger partial charge in [-0.05, 0) is 26.7 Å². The van der Waals surface area contributed by atoms with E-state index in [1.54, 1.807) is 0 Å². The van der Waals surface area contributed by atoms with E-state index in [0.717, 1.165) is 25.8 Å². The van der Waals surface area contributed by atoms with Crippen LogP contribution in [-0.2, 0) is 0 Å². The van der Waals surface area contributed by atoms with Gasteiger partial charge in [0.15, 0.2) is 0 Å². The van der Waals surface area contributed by atoms with Crippen LogP contribution in [0, 0.1) is 0 Å². The Hall–Kier alpha value is -0.860. The molecule has 0 saturated heterocycles. The predicted octanol–water partition coefficient (Wildman–Crippen LogP) is 3.79. The van der Waals surface area contributed by atoms with E-state index in [1.807, 2.05) is 11.2 Å². The highest BCUT2D eigenvalue weighted by Gasteiger charge is 1.97. The van der Waals surface area contributed by atoms with Gasteiger partial charge in [-0.2, -0.15) is 5.11 Å². The van der Waals surface area contributed by atoms with E-state index < -0.39 is 0 Å². The maximum atomic E-state index is 4.24. The molecule has 1 atom stereocenters. The zero-order valence-electron chi connectivity index (χ0n) is 9.90. The van der Waals surface area contributed by atoms with Gasteiger partial charge >= 0.3 is 0 Å². The topological polar surface area (TPSA) is 28.0 Å². The molecule has 3 nitrogen and oxygen atoms in total. The Kier molecular flexibility index (Phi) is 8.19. The van der Waals surface area contributed by atoms with E-state index in [4.69, 9.17) is 0 Å².